The molecule has 3 N–H and O–H groups in total. The molecule has 0 aromatic heterocycles. The van der Waals surface area contributed by atoms with Gasteiger partial charge >= 0.3 is 11.9 Å². The Hall–Kier alpha value is -2.36. The van der Waals surface area contributed by atoms with Crippen LogP contribution in [-0.2, 0) is 20.9 Å². The quantitative estimate of drug-likeness (QED) is 0.459. The average molecular weight is 370 g/mol. The average Bonchev–Trinajstić information content (AvgIpc) is 2.66. The van der Waals surface area contributed by atoms with E-state index in [1.54, 1.807) is 14.2 Å². The van der Waals surface area contributed by atoms with Crippen LogP contribution >= 0.6 is 0 Å². The van der Waals surface area contributed by atoms with Crippen molar-refractivity contribution in [2.24, 2.45) is 0 Å². The Kier molecular flexibility index (Phi) is 10.1. The highest BCUT2D eigenvalue weighted by Gasteiger charge is 2.09. The highest BCUT2D eigenvalue weighted by atomic mass is 16.5. The van der Waals surface area contributed by atoms with Gasteiger partial charge in [0.25, 0.3) is 0 Å². The van der Waals surface area contributed by atoms with Crippen molar-refractivity contribution >= 4 is 11.9 Å². The second-order valence-electron chi connectivity index (χ2n) is 5.43. The number of carboxylic acids is 2. The van der Waals surface area contributed by atoms with Crippen LogP contribution in [0.4, 0.5) is 0 Å². The van der Waals surface area contributed by atoms with Gasteiger partial charge < -0.3 is 29.7 Å². The molecule has 0 radical (unpaired) electrons. The van der Waals surface area contributed by atoms with Crippen molar-refractivity contribution in [3.63, 3.8) is 0 Å². The predicted octanol–water partition coefficient (Wildman–Crippen LogP) is 0.281. The normalized spacial score (nSPS) is 14.1. The summed E-state index contributed by atoms with van der Waals surface area (Å²) >= 11 is 0. The molecule has 26 heavy (non-hydrogen) atoms. The number of methoxy groups -OCH3 is 2. The lowest BCUT2D eigenvalue weighted by atomic mass is 10.2. The first-order valence-corrected chi connectivity index (χ1v) is 8.15. The highest BCUT2D eigenvalue weighted by Crippen LogP contribution is 2.27. The number of carbonyl (C=O) groups is 2. The van der Waals surface area contributed by atoms with Gasteiger partial charge in [-0.25, -0.2) is 9.59 Å². The zero-order valence-corrected chi connectivity index (χ0v) is 15.1. The minimum absolute atomic E-state index is 0.768. The van der Waals surface area contributed by atoms with E-state index in [0.717, 1.165) is 57.4 Å². The van der Waals surface area contributed by atoms with Crippen LogP contribution in [0.15, 0.2) is 18.2 Å². The second kappa shape index (κ2) is 12.1. The summed E-state index contributed by atoms with van der Waals surface area (Å²) in [6.07, 6.45) is 0. The van der Waals surface area contributed by atoms with Crippen LogP contribution in [0.25, 0.3) is 0 Å². The maximum absolute atomic E-state index is 9.10. The molecule has 2 rings (SSSR count). The van der Waals surface area contributed by atoms with Gasteiger partial charge in [-0.3, -0.25) is 4.90 Å². The van der Waals surface area contributed by atoms with E-state index >= 15 is 0 Å². The number of benzene rings is 1. The van der Waals surface area contributed by atoms with E-state index in [2.05, 4.69) is 16.3 Å². The molecule has 1 aromatic carbocycles. The van der Waals surface area contributed by atoms with Gasteiger partial charge in [0, 0.05) is 32.7 Å². The maximum Gasteiger partial charge on any atom is 0.414 e. The van der Waals surface area contributed by atoms with E-state index in [-0.39, 0.29) is 0 Å². The lowest BCUT2D eigenvalue weighted by molar-refractivity contribution is -0.159. The fraction of sp³-hybridized carbons (Fsp3) is 0.529. The number of ether oxygens (including phenoxy) is 3. The highest BCUT2D eigenvalue weighted by molar-refractivity contribution is 6.27. The molecule has 0 spiro atoms. The van der Waals surface area contributed by atoms with Crippen molar-refractivity contribution in [3.8, 4) is 11.5 Å². The van der Waals surface area contributed by atoms with Gasteiger partial charge in [-0.2, -0.15) is 0 Å². The smallest absolute Gasteiger partial charge is 0.414 e. The molecule has 0 aliphatic carbocycles. The Morgan fingerprint density at radius 3 is 2.27 bits per heavy atom. The van der Waals surface area contributed by atoms with Gasteiger partial charge in [-0.1, -0.05) is 6.07 Å². The van der Waals surface area contributed by atoms with Gasteiger partial charge in [-0.15, -0.1) is 0 Å². The summed E-state index contributed by atoms with van der Waals surface area (Å²) in [6, 6.07) is 6.02. The monoisotopic (exact) mass is 370 g/mol. The molecule has 0 unspecified atom stereocenters. The molecule has 1 aliphatic rings. The summed E-state index contributed by atoms with van der Waals surface area (Å²) in [4.78, 5) is 20.6. The van der Waals surface area contributed by atoms with Gasteiger partial charge in [0.05, 0.1) is 27.4 Å². The zero-order valence-electron chi connectivity index (χ0n) is 15.1. The third kappa shape index (κ3) is 8.15. The number of aliphatic carboxylic acids is 2. The molecule has 146 valence electrons. The third-order valence-electron chi connectivity index (χ3n) is 3.67. The number of nitrogens with one attached hydrogen (secondary N) is 1. The summed E-state index contributed by atoms with van der Waals surface area (Å²) < 4.78 is 15.9. The first-order valence-electron chi connectivity index (χ1n) is 8.15. The van der Waals surface area contributed by atoms with Crippen molar-refractivity contribution in [2.45, 2.75) is 6.54 Å². The van der Waals surface area contributed by atoms with Crippen molar-refractivity contribution in [1.29, 1.82) is 0 Å². The zero-order chi connectivity index (χ0) is 19.4. The fourth-order valence-corrected chi connectivity index (χ4v) is 2.29. The van der Waals surface area contributed by atoms with Crippen LogP contribution in [0.3, 0.4) is 0 Å². The van der Waals surface area contributed by atoms with Gasteiger partial charge in [-0.05, 0) is 17.7 Å². The molecular weight excluding hydrogens is 344 g/mol. The Labute approximate surface area is 152 Å². The van der Waals surface area contributed by atoms with Crippen molar-refractivity contribution in [2.75, 3.05) is 53.6 Å². The first-order chi connectivity index (χ1) is 12.5. The van der Waals surface area contributed by atoms with Gasteiger partial charge in [0.15, 0.2) is 11.5 Å². The molecule has 0 bridgehead atoms. The van der Waals surface area contributed by atoms with E-state index in [4.69, 9.17) is 34.0 Å². The Morgan fingerprint density at radius 1 is 1.12 bits per heavy atom. The van der Waals surface area contributed by atoms with Crippen LogP contribution in [0, 0.1) is 0 Å². The number of nitrogens with zero attached hydrogens (tertiary/aromatic N) is 1. The minimum atomic E-state index is -1.82. The van der Waals surface area contributed by atoms with E-state index in [1.165, 1.54) is 5.56 Å². The van der Waals surface area contributed by atoms with Crippen LogP contribution in [-0.4, -0.2) is 80.7 Å². The first kappa shape index (κ1) is 21.7. The second-order valence-corrected chi connectivity index (χ2v) is 5.43. The Bertz CT molecular complexity index is 562. The Balaban J connectivity index is 0.000000487. The number of carboxylic acid groups (broad SMARTS) is 2. The van der Waals surface area contributed by atoms with Gasteiger partial charge in [0.1, 0.15) is 0 Å². The maximum atomic E-state index is 9.10. The van der Waals surface area contributed by atoms with Crippen LogP contribution in [0.1, 0.15) is 5.56 Å². The summed E-state index contributed by atoms with van der Waals surface area (Å²) in [5, 5.41) is 18.2. The summed E-state index contributed by atoms with van der Waals surface area (Å²) in [7, 11) is 3.31. The Morgan fingerprint density at radius 2 is 1.73 bits per heavy atom. The van der Waals surface area contributed by atoms with Crippen LogP contribution in [0.5, 0.6) is 11.5 Å². The number of morpholine rings is 1. The van der Waals surface area contributed by atoms with E-state index < -0.39 is 11.9 Å². The number of hydrogen-bond acceptors (Lipinski definition) is 7. The fourth-order valence-electron chi connectivity index (χ4n) is 2.29. The van der Waals surface area contributed by atoms with E-state index in [9.17, 15) is 0 Å². The van der Waals surface area contributed by atoms with Crippen molar-refractivity contribution in [1.82, 2.24) is 10.2 Å². The van der Waals surface area contributed by atoms with Crippen molar-refractivity contribution in [3.05, 3.63) is 23.8 Å². The third-order valence-corrected chi connectivity index (χ3v) is 3.67. The predicted molar refractivity (Wildman–Crippen MR) is 93.8 cm³/mol. The molecule has 0 atom stereocenters. The molecule has 1 fully saturated rings. The minimum Gasteiger partial charge on any atom is -0.493 e. The topological polar surface area (TPSA) is 118 Å². The molecule has 9 nitrogen and oxygen atoms in total. The van der Waals surface area contributed by atoms with Crippen LogP contribution in [0.2, 0.25) is 0 Å². The summed E-state index contributed by atoms with van der Waals surface area (Å²) in [5.41, 5.74) is 1.20. The van der Waals surface area contributed by atoms with Crippen LogP contribution < -0.4 is 14.8 Å². The molecule has 0 saturated carbocycles. The molecule has 1 aliphatic heterocycles. The number of hydrogen-bond donors (Lipinski definition) is 3. The lowest BCUT2D eigenvalue weighted by Gasteiger charge is -2.26. The largest absolute Gasteiger partial charge is 0.493 e. The molecule has 1 saturated heterocycles. The lowest BCUT2D eigenvalue weighted by Crippen LogP contribution is -2.40. The van der Waals surface area contributed by atoms with Crippen molar-refractivity contribution < 1.29 is 34.0 Å². The summed E-state index contributed by atoms with van der Waals surface area (Å²) in [6.45, 7) is 6.68. The van der Waals surface area contributed by atoms with Gasteiger partial charge in [0.2, 0.25) is 0 Å². The summed E-state index contributed by atoms with van der Waals surface area (Å²) in [5.74, 6) is -2.10. The molecule has 0 amide bonds. The van der Waals surface area contributed by atoms with E-state index in [0.29, 0.717) is 0 Å². The molecule has 1 aromatic rings. The number of rotatable bonds is 7. The molecular formula is C17H26N2O7. The van der Waals surface area contributed by atoms with E-state index in [1.807, 2.05) is 12.1 Å². The molecule has 9 heteroatoms. The SMILES string of the molecule is COc1ccc(CNCCN2CCOCC2)cc1OC.O=C(O)C(=O)O. The standard InChI is InChI=1S/C15H24N2O3.C2H2O4/c1-18-14-4-3-13(11-15(14)19-2)12-16-5-6-17-7-9-20-10-8-17;3-1(4)2(5)6/h3-4,11,16H,5-10,12H2,1-2H3;(H,3,4)(H,5,6). The molecule has 1 heterocycles.